The van der Waals surface area contributed by atoms with Crippen LogP contribution in [0.3, 0.4) is 0 Å². The van der Waals surface area contributed by atoms with Crippen LogP contribution >= 0.6 is 27.3 Å². The Hall–Kier alpha value is -1.73. The summed E-state index contributed by atoms with van der Waals surface area (Å²) >= 11 is 4.74. The number of aryl methyl sites for hydroxylation is 1. The zero-order chi connectivity index (χ0) is 19.6. The summed E-state index contributed by atoms with van der Waals surface area (Å²) in [6.45, 7) is 9.25. The number of hydrogen-bond acceptors (Lipinski definition) is 5. The number of nitrogens with zero attached hydrogens (tertiary/aromatic N) is 1. The van der Waals surface area contributed by atoms with E-state index in [1.807, 2.05) is 40.0 Å². The van der Waals surface area contributed by atoms with Crippen molar-refractivity contribution < 1.29 is 14.3 Å². The third kappa shape index (κ3) is 4.15. The van der Waals surface area contributed by atoms with Gasteiger partial charge in [-0.05, 0) is 40.9 Å². The van der Waals surface area contributed by atoms with E-state index >= 15 is 0 Å². The average Bonchev–Trinajstić information content (AvgIpc) is 3.00. The van der Waals surface area contributed by atoms with Gasteiger partial charge in [0.25, 0.3) is 0 Å². The number of ether oxygens (including phenoxy) is 1. The van der Waals surface area contributed by atoms with Crippen LogP contribution in [0.2, 0.25) is 0 Å². The zero-order valence-corrected chi connectivity index (χ0v) is 18.2. The Labute approximate surface area is 166 Å². The van der Waals surface area contributed by atoms with E-state index in [4.69, 9.17) is 4.74 Å². The number of nitrogens with one attached hydrogen (secondary N) is 1. The molecule has 0 saturated heterocycles. The molecule has 0 spiro atoms. The summed E-state index contributed by atoms with van der Waals surface area (Å²) < 4.78 is 6.24. The van der Waals surface area contributed by atoms with Gasteiger partial charge in [-0.3, -0.25) is 9.59 Å². The molecule has 0 saturated carbocycles. The van der Waals surface area contributed by atoms with Gasteiger partial charge in [0.1, 0.15) is 5.69 Å². The maximum atomic E-state index is 13.3. The van der Waals surface area contributed by atoms with Gasteiger partial charge in [0.2, 0.25) is 17.6 Å². The summed E-state index contributed by atoms with van der Waals surface area (Å²) in [4.78, 5) is 30.9. The van der Waals surface area contributed by atoms with Gasteiger partial charge in [0, 0.05) is 21.0 Å². The van der Waals surface area contributed by atoms with Crippen LogP contribution < -0.4 is 10.1 Å². The van der Waals surface area contributed by atoms with E-state index in [2.05, 4.69) is 26.2 Å². The van der Waals surface area contributed by atoms with Crippen molar-refractivity contribution in [3.05, 3.63) is 37.6 Å². The number of carbonyl (C=O) groups is 2. The van der Waals surface area contributed by atoms with Crippen LogP contribution in [0.4, 0.5) is 5.69 Å². The van der Waals surface area contributed by atoms with Crippen molar-refractivity contribution in [2.45, 2.75) is 41.0 Å². The van der Waals surface area contributed by atoms with Gasteiger partial charge < -0.3 is 10.1 Å². The van der Waals surface area contributed by atoms with Crippen molar-refractivity contribution in [3.8, 4) is 5.88 Å². The summed E-state index contributed by atoms with van der Waals surface area (Å²) in [5, 5.41) is 4.73. The molecule has 2 aromatic heterocycles. The van der Waals surface area contributed by atoms with Gasteiger partial charge in [0.15, 0.2) is 0 Å². The highest BCUT2D eigenvalue weighted by Crippen LogP contribution is 2.35. The van der Waals surface area contributed by atoms with Crippen LogP contribution in [-0.4, -0.2) is 23.8 Å². The van der Waals surface area contributed by atoms with E-state index in [9.17, 15) is 9.59 Å². The highest BCUT2D eigenvalue weighted by Gasteiger charge is 2.29. The van der Waals surface area contributed by atoms with Gasteiger partial charge in [0.05, 0.1) is 17.6 Å². The minimum Gasteiger partial charge on any atom is -0.479 e. The molecule has 0 bridgehead atoms. The van der Waals surface area contributed by atoms with Crippen LogP contribution in [-0.2, 0) is 11.2 Å². The quantitative estimate of drug-likeness (QED) is 0.666. The number of amides is 1. The zero-order valence-electron chi connectivity index (χ0n) is 15.8. The number of thiophene rings is 1. The number of anilines is 1. The second kappa shape index (κ2) is 7.88. The fraction of sp³-hybridized carbons (Fsp3) is 0.421. The Morgan fingerprint density at radius 2 is 2.00 bits per heavy atom. The fourth-order valence-corrected chi connectivity index (χ4v) is 3.89. The maximum absolute atomic E-state index is 13.3. The van der Waals surface area contributed by atoms with Crippen LogP contribution in [0.15, 0.2) is 15.9 Å². The van der Waals surface area contributed by atoms with Crippen LogP contribution in [0.25, 0.3) is 0 Å². The lowest BCUT2D eigenvalue weighted by Crippen LogP contribution is -2.29. The fourth-order valence-electron chi connectivity index (χ4n) is 2.52. The predicted octanol–water partition coefficient (Wildman–Crippen LogP) is 5.00. The molecule has 26 heavy (non-hydrogen) atoms. The summed E-state index contributed by atoms with van der Waals surface area (Å²) in [5.41, 5.74) is 1.70. The van der Waals surface area contributed by atoms with Crippen molar-refractivity contribution in [3.63, 3.8) is 0 Å². The molecular weight excluding hydrogens is 416 g/mol. The van der Waals surface area contributed by atoms with Crippen LogP contribution in [0.1, 0.15) is 54.2 Å². The minimum absolute atomic E-state index is 0.148. The first kappa shape index (κ1) is 20.6. The molecule has 0 aliphatic carbocycles. The number of methoxy groups -OCH3 is 1. The normalized spacial score (nSPS) is 11.3. The Bertz CT molecular complexity index is 853. The predicted molar refractivity (Wildman–Crippen MR) is 108 cm³/mol. The molecule has 0 aromatic carbocycles. The van der Waals surface area contributed by atoms with E-state index in [1.54, 1.807) is 6.07 Å². The van der Waals surface area contributed by atoms with Crippen LogP contribution in [0.5, 0.6) is 5.88 Å². The number of carbonyl (C=O) groups excluding carboxylic acids is 2. The monoisotopic (exact) mass is 438 g/mol. The third-order valence-electron chi connectivity index (χ3n) is 3.96. The maximum Gasteiger partial charge on any atom is 0.238 e. The molecule has 1 amide bonds. The number of ketones is 1. The van der Waals surface area contributed by atoms with Crippen molar-refractivity contribution in [1.82, 2.24) is 4.98 Å². The topological polar surface area (TPSA) is 68.3 Å². The Morgan fingerprint density at radius 3 is 2.46 bits per heavy atom. The molecule has 2 heterocycles. The molecule has 2 aromatic rings. The molecule has 7 heteroatoms. The van der Waals surface area contributed by atoms with Gasteiger partial charge in [-0.15, -0.1) is 11.3 Å². The van der Waals surface area contributed by atoms with Crippen molar-refractivity contribution in [2.75, 3.05) is 12.4 Å². The van der Waals surface area contributed by atoms with Crippen molar-refractivity contribution >= 4 is 44.6 Å². The van der Waals surface area contributed by atoms with Crippen LogP contribution in [0, 0.1) is 12.3 Å². The van der Waals surface area contributed by atoms with E-state index in [0.717, 1.165) is 15.7 Å². The molecule has 0 atom stereocenters. The molecule has 1 N–H and O–H groups in total. The largest absolute Gasteiger partial charge is 0.479 e. The Balaban J connectivity index is 2.71. The number of halogens is 1. The lowest BCUT2D eigenvalue weighted by molar-refractivity contribution is -0.123. The molecule has 140 valence electrons. The lowest BCUT2D eigenvalue weighted by Gasteiger charge is -2.22. The van der Waals surface area contributed by atoms with Gasteiger partial charge in [-0.25, -0.2) is 4.98 Å². The first-order valence-corrected chi connectivity index (χ1v) is 9.95. The number of rotatable bonds is 5. The molecule has 0 fully saturated rings. The number of hydrogen-bond donors (Lipinski definition) is 1. The number of aromatic nitrogens is 1. The average molecular weight is 439 g/mol. The highest BCUT2D eigenvalue weighted by atomic mass is 79.9. The third-order valence-corrected chi connectivity index (χ3v) is 5.65. The minimum atomic E-state index is -0.617. The van der Waals surface area contributed by atoms with E-state index in [-0.39, 0.29) is 17.6 Å². The molecule has 2 rings (SSSR count). The van der Waals surface area contributed by atoms with E-state index < -0.39 is 5.41 Å². The number of pyridine rings is 1. The van der Waals surface area contributed by atoms with Crippen molar-refractivity contribution in [2.24, 2.45) is 5.41 Å². The van der Waals surface area contributed by atoms with Crippen molar-refractivity contribution in [1.29, 1.82) is 0 Å². The molecular formula is C19H23BrN2O3S. The standard InChI is InChI=1S/C19H23BrN2O3S/c1-7-12-10(2)21-17(25-6)15(22-18(24)19(3,4)5)14(12)16(23)13-8-11(20)9-26-13/h8-9H,7H2,1-6H3,(H,22,24). The Morgan fingerprint density at radius 1 is 1.35 bits per heavy atom. The summed E-state index contributed by atoms with van der Waals surface area (Å²) in [7, 11) is 1.48. The SMILES string of the molecule is CCc1c(C)nc(OC)c(NC(=O)C(C)(C)C)c1C(=O)c1cc(Br)cs1. The van der Waals surface area contributed by atoms with Gasteiger partial charge in [-0.2, -0.15) is 0 Å². The van der Waals surface area contributed by atoms with E-state index in [1.165, 1.54) is 18.4 Å². The Kier molecular flexibility index (Phi) is 6.24. The summed E-state index contributed by atoms with van der Waals surface area (Å²) in [5.74, 6) is -0.105. The second-order valence-corrected chi connectivity index (χ2v) is 8.78. The molecule has 0 radical (unpaired) electrons. The van der Waals surface area contributed by atoms with Gasteiger partial charge in [-0.1, -0.05) is 27.7 Å². The summed E-state index contributed by atoms with van der Waals surface area (Å²) in [6, 6.07) is 1.78. The van der Waals surface area contributed by atoms with E-state index in [0.29, 0.717) is 22.5 Å². The molecule has 0 aliphatic heterocycles. The highest BCUT2D eigenvalue weighted by molar-refractivity contribution is 9.10. The van der Waals surface area contributed by atoms with Gasteiger partial charge >= 0.3 is 0 Å². The molecule has 0 unspecified atom stereocenters. The molecule has 0 aliphatic rings. The summed E-state index contributed by atoms with van der Waals surface area (Å²) in [6.07, 6.45) is 0.620. The first-order valence-electron chi connectivity index (χ1n) is 8.27. The smallest absolute Gasteiger partial charge is 0.238 e. The molecule has 5 nitrogen and oxygen atoms in total. The second-order valence-electron chi connectivity index (χ2n) is 6.95. The first-order chi connectivity index (χ1) is 12.1. The lowest BCUT2D eigenvalue weighted by atomic mass is 9.94.